The van der Waals surface area contributed by atoms with Gasteiger partial charge >= 0.3 is 11.9 Å². The molecule has 0 N–H and O–H groups in total. The first-order valence-corrected chi connectivity index (χ1v) is 24.0. The molecule has 0 radical (unpaired) electrons. The summed E-state index contributed by atoms with van der Waals surface area (Å²) in [6.45, 7) is 22.3. The molecule has 0 unspecified atom stereocenters. The zero-order chi connectivity index (χ0) is 47.5. The molecule has 2 fully saturated rings. The van der Waals surface area contributed by atoms with Crippen molar-refractivity contribution in [3.8, 4) is 11.5 Å². The quantitative estimate of drug-likeness (QED) is 0.112. The van der Waals surface area contributed by atoms with Crippen molar-refractivity contribution < 1.29 is 28.5 Å². The molecule has 352 valence electrons. The van der Waals surface area contributed by atoms with E-state index in [2.05, 4.69) is 74.9 Å². The fourth-order valence-corrected chi connectivity index (χ4v) is 11.1. The van der Waals surface area contributed by atoms with Crippen molar-refractivity contribution in [3.63, 3.8) is 0 Å². The Hall–Kier alpha value is -5.64. The van der Waals surface area contributed by atoms with Crippen molar-refractivity contribution in [3.05, 3.63) is 119 Å². The van der Waals surface area contributed by atoms with Gasteiger partial charge in [0, 0.05) is 24.9 Å². The third-order valence-electron chi connectivity index (χ3n) is 13.1. The van der Waals surface area contributed by atoms with Crippen molar-refractivity contribution in [2.24, 2.45) is 22.7 Å². The van der Waals surface area contributed by atoms with Crippen LogP contribution in [-0.4, -0.2) is 57.5 Å². The van der Waals surface area contributed by atoms with Crippen LogP contribution in [0, 0.1) is 22.7 Å². The molecule has 0 bridgehead atoms. The fourth-order valence-electron chi connectivity index (χ4n) is 11.1. The number of benzene rings is 4. The van der Waals surface area contributed by atoms with E-state index in [1.165, 1.54) is 38.2 Å². The third kappa shape index (κ3) is 11.7. The summed E-state index contributed by atoms with van der Waals surface area (Å²) in [6, 6.07) is 28.9. The standard InChI is InChI=1S/2C28H36N2O3/c2*1-18(2)33-23-10-7-20(8-11-23)14-26-29-24-15-21(27(31)32-6)9-12-25(24)30(26)22-13-19(3)16-28(4,5)17-22/h2*7-12,15,18-19,22H,13-14,16-17H2,1-6H3/t2*19-,22+/m10/s1. The van der Waals surface area contributed by atoms with E-state index >= 15 is 0 Å². The van der Waals surface area contributed by atoms with Gasteiger partial charge in [-0.2, -0.15) is 0 Å². The molecule has 4 aromatic carbocycles. The van der Waals surface area contributed by atoms with Crippen LogP contribution in [0.3, 0.4) is 0 Å². The first-order valence-electron chi connectivity index (χ1n) is 24.0. The number of rotatable bonds is 12. The number of carbonyl (C=O) groups is 2. The number of fused-ring (bicyclic) bond motifs is 2. The average molecular weight is 897 g/mol. The Morgan fingerprint density at radius 3 is 1.26 bits per heavy atom. The lowest BCUT2D eigenvalue weighted by Gasteiger charge is -2.40. The molecule has 10 heteroatoms. The minimum absolute atomic E-state index is 0.153. The van der Waals surface area contributed by atoms with Gasteiger partial charge in [0.15, 0.2) is 0 Å². The van der Waals surface area contributed by atoms with Gasteiger partial charge in [0.2, 0.25) is 0 Å². The second-order valence-corrected chi connectivity index (χ2v) is 21.3. The molecule has 0 spiro atoms. The van der Waals surface area contributed by atoms with Crippen LogP contribution in [0.25, 0.3) is 22.1 Å². The van der Waals surface area contributed by atoms with Crippen LogP contribution in [0.15, 0.2) is 84.9 Å². The zero-order valence-electron chi connectivity index (χ0n) is 41.4. The smallest absolute Gasteiger partial charge is 0.337 e. The average Bonchev–Trinajstić information content (AvgIpc) is 3.79. The number of nitrogens with zero attached hydrogens (tertiary/aromatic N) is 4. The lowest BCUT2D eigenvalue weighted by Crippen LogP contribution is -2.30. The number of methoxy groups -OCH3 is 2. The largest absolute Gasteiger partial charge is 0.491 e. The van der Waals surface area contributed by atoms with Gasteiger partial charge in [-0.1, -0.05) is 65.8 Å². The van der Waals surface area contributed by atoms with Crippen LogP contribution in [-0.2, 0) is 22.3 Å². The molecule has 0 aliphatic heterocycles. The lowest BCUT2D eigenvalue weighted by molar-refractivity contribution is 0.0592. The Kier molecular flexibility index (Phi) is 14.7. The Balaban J connectivity index is 0.000000196. The fraction of sp³-hybridized carbons (Fsp3) is 0.500. The normalized spacial score (nSPS) is 20.2. The van der Waals surface area contributed by atoms with Crippen LogP contribution < -0.4 is 9.47 Å². The number of ether oxygens (including phenoxy) is 4. The topological polar surface area (TPSA) is 107 Å². The molecular weight excluding hydrogens is 825 g/mol. The van der Waals surface area contributed by atoms with E-state index < -0.39 is 0 Å². The number of imidazole rings is 2. The molecule has 2 aliphatic rings. The van der Waals surface area contributed by atoms with E-state index in [-0.39, 0.29) is 35.0 Å². The molecule has 6 aromatic rings. The van der Waals surface area contributed by atoms with E-state index in [1.54, 1.807) is 0 Å². The van der Waals surface area contributed by atoms with Crippen molar-refractivity contribution in [1.82, 2.24) is 19.1 Å². The summed E-state index contributed by atoms with van der Waals surface area (Å²) in [7, 11) is 2.82. The highest BCUT2D eigenvalue weighted by molar-refractivity contribution is 5.94. The summed E-state index contributed by atoms with van der Waals surface area (Å²) in [6.07, 6.45) is 8.78. The highest BCUT2D eigenvalue weighted by atomic mass is 16.5. The zero-order valence-corrected chi connectivity index (χ0v) is 41.4. The van der Waals surface area contributed by atoms with Gasteiger partial charge in [-0.05, 0) is 161 Å². The molecule has 8 rings (SSSR count). The summed E-state index contributed by atoms with van der Waals surface area (Å²) >= 11 is 0. The monoisotopic (exact) mass is 897 g/mol. The maximum Gasteiger partial charge on any atom is 0.337 e. The molecule has 0 amide bonds. The van der Waals surface area contributed by atoms with Gasteiger partial charge in [-0.25, -0.2) is 19.6 Å². The Morgan fingerprint density at radius 1 is 0.576 bits per heavy atom. The van der Waals surface area contributed by atoms with Crippen LogP contribution in [0.2, 0.25) is 0 Å². The number of esters is 2. The van der Waals surface area contributed by atoms with E-state index in [0.29, 0.717) is 35.0 Å². The molecule has 0 saturated heterocycles. The van der Waals surface area contributed by atoms with Crippen molar-refractivity contribution in [2.75, 3.05) is 14.2 Å². The lowest BCUT2D eigenvalue weighted by atomic mass is 9.70. The minimum Gasteiger partial charge on any atom is -0.491 e. The SMILES string of the molecule is COC(=O)c1ccc2c(c1)nc(Cc1ccc(OC(C)C)cc1)n2[C@@H]1C[C@H](C)CC(C)(C)C1.COC(=O)c1ccc2c(c1)nc(Cc1ccc(OC(C)C)cc1)n2[C@H]1C[C@@H](C)CC(C)(C)C1. The summed E-state index contributed by atoms with van der Waals surface area (Å²) in [4.78, 5) is 34.3. The number of carbonyl (C=O) groups excluding carboxylic acids is 2. The molecule has 66 heavy (non-hydrogen) atoms. The van der Waals surface area contributed by atoms with E-state index in [9.17, 15) is 9.59 Å². The second kappa shape index (κ2) is 20.1. The highest BCUT2D eigenvalue weighted by Gasteiger charge is 2.36. The molecular formula is C56H72N4O6. The first kappa shape index (κ1) is 48.3. The van der Waals surface area contributed by atoms with Gasteiger partial charge in [0.1, 0.15) is 23.1 Å². The molecule has 10 nitrogen and oxygen atoms in total. The third-order valence-corrected chi connectivity index (χ3v) is 13.1. The van der Waals surface area contributed by atoms with Gasteiger partial charge in [-0.15, -0.1) is 0 Å². The van der Waals surface area contributed by atoms with Crippen LogP contribution >= 0.6 is 0 Å². The molecule has 2 heterocycles. The van der Waals surface area contributed by atoms with E-state index in [1.807, 2.05) is 88.4 Å². The summed E-state index contributed by atoms with van der Waals surface area (Å²) in [5, 5.41) is 0. The van der Waals surface area contributed by atoms with E-state index in [4.69, 9.17) is 28.9 Å². The highest BCUT2D eigenvalue weighted by Crippen LogP contribution is 2.47. The van der Waals surface area contributed by atoms with Crippen molar-refractivity contribution >= 4 is 34.0 Å². The maximum atomic E-state index is 12.1. The Morgan fingerprint density at radius 2 is 0.939 bits per heavy atom. The predicted octanol–water partition coefficient (Wildman–Crippen LogP) is 13.2. The summed E-state index contributed by atoms with van der Waals surface area (Å²) in [5.74, 6) is 4.50. The summed E-state index contributed by atoms with van der Waals surface area (Å²) in [5.41, 5.74) is 7.92. The minimum atomic E-state index is -0.332. The molecule has 2 saturated carbocycles. The number of aromatic nitrogens is 4. The van der Waals surface area contributed by atoms with Gasteiger partial charge < -0.3 is 28.1 Å². The number of hydrogen-bond acceptors (Lipinski definition) is 8. The first-order chi connectivity index (χ1) is 31.3. The van der Waals surface area contributed by atoms with Crippen LogP contribution in [0.1, 0.15) is 163 Å². The molecule has 2 aliphatic carbocycles. The Bertz CT molecular complexity index is 2440. The van der Waals surface area contributed by atoms with E-state index in [0.717, 1.165) is 83.7 Å². The van der Waals surface area contributed by atoms with Crippen molar-refractivity contribution in [1.29, 1.82) is 0 Å². The molecule has 2 aromatic heterocycles. The second-order valence-electron chi connectivity index (χ2n) is 21.3. The summed E-state index contributed by atoms with van der Waals surface area (Å²) < 4.78 is 26.3. The van der Waals surface area contributed by atoms with Crippen LogP contribution in [0.4, 0.5) is 0 Å². The number of hydrogen-bond donors (Lipinski definition) is 0. The van der Waals surface area contributed by atoms with Gasteiger partial charge in [0.25, 0.3) is 0 Å². The Labute approximate surface area is 392 Å². The molecule has 4 atom stereocenters. The predicted molar refractivity (Wildman–Crippen MR) is 264 cm³/mol. The van der Waals surface area contributed by atoms with Gasteiger partial charge in [0.05, 0.1) is 59.6 Å². The van der Waals surface area contributed by atoms with Gasteiger partial charge in [-0.3, -0.25) is 0 Å². The van der Waals surface area contributed by atoms with Crippen LogP contribution in [0.5, 0.6) is 11.5 Å². The maximum absolute atomic E-state index is 12.1. The van der Waals surface area contributed by atoms with Crippen molar-refractivity contribution in [2.45, 2.75) is 145 Å².